The molecule has 2 aliphatic rings. The summed E-state index contributed by atoms with van der Waals surface area (Å²) in [4.78, 5) is 61.3. The molecule has 580 valence electrons. The molecule has 2 heterocycles. The Balaban J connectivity index is 0.00000197. The summed E-state index contributed by atoms with van der Waals surface area (Å²) in [6, 6.07) is 3.59. The van der Waals surface area contributed by atoms with E-state index in [-0.39, 0.29) is 45.4 Å². The van der Waals surface area contributed by atoms with Gasteiger partial charge in [0.05, 0.1) is 63.4 Å². The fourth-order valence-electron chi connectivity index (χ4n) is 11.0. The van der Waals surface area contributed by atoms with E-state index in [4.69, 9.17) is 43.6 Å². The van der Waals surface area contributed by atoms with E-state index in [1.807, 2.05) is 28.7 Å². The molecule has 12 atom stereocenters. The summed E-state index contributed by atoms with van der Waals surface area (Å²) in [5.41, 5.74) is 5.69. The molecule has 2 saturated heterocycles. The molecule has 0 saturated carbocycles. The molecule has 0 aromatic heterocycles. The van der Waals surface area contributed by atoms with Gasteiger partial charge in [-0.05, 0) is 92.7 Å². The van der Waals surface area contributed by atoms with Crippen molar-refractivity contribution in [3.05, 3.63) is 28.4 Å². The van der Waals surface area contributed by atoms with E-state index in [1.54, 1.807) is 6.07 Å². The van der Waals surface area contributed by atoms with Crippen molar-refractivity contribution in [2.24, 2.45) is 5.73 Å². The Bertz CT molecular complexity index is 2660. The zero-order chi connectivity index (χ0) is 77.6. The van der Waals surface area contributed by atoms with Gasteiger partial charge < -0.3 is 88.7 Å². The van der Waals surface area contributed by atoms with Crippen LogP contribution in [-0.4, -0.2) is 337 Å². The second kappa shape index (κ2) is 67.7. The first-order chi connectivity index (χ1) is 49.1. The van der Waals surface area contributed by atoms with Crippen LogP contribution in [0, 0.1) is 10.7 Å². The fraction of sp³-hybridized carbons (Fsp3) is 0.836. The van der Waals surface area contributed by atoms with E-state index in [0.717, 1.165) is 49.2 Å². The van der Waals surface area contributed by atoms with Gasteiger partial charge in [0.2, 0.25) is 0 Å². The third kappa shape index (κ3) is 55.1. The maximum absolute atomic E-state index is 12.7. The number of rotatable bonds is 54. The quantitative estimate of drug-likeness (QED) is 0.00647. The number of hydrogen-bond acceptors (Lipinski definition) is 26. The van der Waals surface area contributed by atoms with Crippen molar-refractivity contribution in [1.82, 2.24) is 5.32 Å². The zero-order valence-corrected chi connectivity index (χ0v) is 82.3. The molecule has 0 bridgehead atoms. The van der Waals surface area contributed by atoms with Crippen molar-refractivity contribution in [2.75, 3.05) is 51.0 Å². The van der Waals surface area contributed by atoms with Crippen molar-refractivity contribution < 1.29 is 118 Å². The van der Waals surface area contributed by atoms with E-state index in [9.17, 15) is 80.6 Å². The topological polar surface area (TPSA) is 433 Å². The molecular formula is C67H113I3K4N2O25S2-2. The number of carbonyl (C=O) groups is 5. The van der Waals surface area contributed by atoms with Crippen molar-refractivity contribution in [1.29, 1.82) is 0 Å². The first-order valence-corrected chi connectivity index (χ1v) is 75.8. The SMILES string of the molecule is CCCCCCCCCCCCCCCCCC(=O)OCC(O)COC1OC(CS(=O)(=O)[O-])C(OC(=O)CCN)C(O)C1O.CCCCCCCCCCCCCCCCCC(=O)OCC(O)COC1OC(CS(=O)(=O)[O-])C(OC(=O)CCNC(=O)c2cc(I)cc(I)c2I)C(O)C1O.[K][K].[K][K]. The molecule has 1 aromatic rings. The molecule has 1 amide bonds. The minimum absolute atomic E-state index is 0.0801. The van der Waals surface area contributed by atoms with Crippen LogP contribution in [0.5, 0.6) is 0 Å². The summed E-state index contributed by atoms with van der Waals surface area (Å²) in [5, 5.41) is 65.2. The van der Waals surface area contributed by atoms with Crippen LogP contribution in [0.15, 0.2) is 12.1 Å². The molecule has 2 aliphatic heterocycles. The molecule has 3 rings (SSSR count). The van der Waals surface area contributed by atoms with E-state index in [2.05, 4.69) is 64.3 Å². The van der Waals surface area contributed by atoms with Gasteiger partial charge in [-0.2, -0.15) is 0 Å². The summed E-state index contributed by atoms with van der Waals surface area (Å²) >= 11 is 11.2. The molecule has 9 N–H and O–H groups in total. The number of aliphatic hydroxyl groups excluding tert-OH is 6. The number of unbranched alkanes of at least 4 members (excludes halogenated alkanes) is 28. The average Bonchev–Trinajstić information content (AvgIpc) is 0.806. The number of ether oxygens (including phenoxy) is 8. The third-order valence-electron chi connectivity index (χ3n) is 16.5. The van der Waals surface area contributed by atoms with Crippen LogP contribution in [0.3, 0.4) is 0 Å². The second-order valence-corrected chi connectivity index (χ2v) is 31.8. The number of nitrogens with one attached hydrogen (secondary N) is 1. The van der Waals surface area contributed by atoms with Crippen LogP contribution < -0.4 is 11.1 Å². The van der Waals surface area contributed by atoms with Crippen molar-refractivity contribution in [3.8, 4) is 0 Å². The Morgan fingerprint density at radius 2 is 0.816 bits per heavy atom. The van der Waals surface area contributed by atoms with Crippen molar-refractivity contribution in [2.45, 2.75) is 306 Å². The van der Waals surface area contributed by atoms with E-state index >= 15 is 0 Å². The summed E-state index contributed by atoms with van der Waals surface area (Å²) in [5.74, 6) is -5.64. The summed E-state index contributed by atoms with van der Waals surface area (Å²) in [7, 11) is -9.87. The predicted octanol–water partition coefficient (Wildman–Crippen LogP) is 6.60. The van der Waals surface area contributed by atoms with Crippen LogP contribution in [-0.2, 0) is 77.3 Å². The number of amides is 1. The monoisotopic (exact) mass is 1950 g/mol. The number of carbonyl (C=O) groups excluding carboxylic acids is 5. The van der Waals surface area contributed by atoms with Gasteiger partial charge in [0.25, 0.3) is 5.91 Å². The molecule has 36 heteroatoms. The average molecular weight is 1950 g/mol. The number of nitrogens with two attached hydrogens (primary N) is 1. The number of aliphatic hydroxyl groups is 6. The summed E-state index contributed by atoms with van der Waals surface area (Å²) < 4.78 is 113. The van der Waals surface area contributed by atoms with E-state index < -0.39 is 155 Å². The van der Waals surface area contributed by atoms with Crippen molar-refractivity contribution in [3.63, 3.8) is 0 Å². The molecule has 103 heavy (non-hydrogen) atoms. The predicted molar refractivity (Wildman–Crippen MR) is 413 cm³/mol. The first-order valence-electron chi connectivity index (χ1n) is 37.4. The van der Waals surface area contributed by atoms with Crippen molar-refractivity contribution >= 4 is 244 Å². The minimum atomic E-state index is -4.98. The fourth-order valence-corrected chi connectivity index (χ4v) is 14.7. The number of halogens is 3. The van der Waals surface area contributed by atoms with Crippen LogP contribution in [0.2, 0.25) is 0 Å². The Morgan fingerprint density at radius 1 is 0.495 bits per heavy atom. The first kappa shape index (κ1) is 108. The Hall–Kier alpha value is 4.69. The zero-order valence-electron chi connectivity index (χ0n) is 61.7. The van der Waals surface area contributed by atoms with Gasteiger partial charge in [0.1, 0.15) is 62.0 Å². The van der Waals surface area contributed by atoms with Gasteiger partial charge in [-0.15, -0.1) is 0 Å². The summed E-state index contributed by atoms with van der Waals surface area (Å²) in [6.45, 7) is 2.37. The third-order valence-corrected chi connectivity index (χ3v) is 21.6. The van der Waals surface area contributed by atoms with Crippen LogP contribution in [0.25, 0.3) is 0 Å². The normalized spacial score (nSPS) is 20.9. The van der Waals surface area contributed by atoms with E-state index in [1.165, 1.54) is 268 Å². The molecule has 27 nitrogen and oxygen atoms in total. The van der Waals surface area contributed by atoms with Crippen LogP contribution in [0.1, 0.15) is 243 Å². The maximum atomic E-state index is 12.7. The van der Waals surface area contributed by atoms with Gasteiger partial charge in [0.15, 0.2) is 24.8 Å². The van der Waals surface area contributed by atoms with Gasteiger partial charge in [-0.3, -0.25) is 24.0 Å². The Morgan fingerprint density at radius 3 is 1.14 bits per heavy atom. The molecular weight excluding hydrogens is 1830 g/mol. The Labute approximate surface area is 744 Å². The molecule has 0 spiro atoms. The van der Waals surface area contributed by atoms with Crippen LogP contribution in [0.4, 0.5) is 0 Å². The van der Waals surface area contributed by atoms with Crippen LogP contribution >= 0.6 is 67.8 Å². The second-order valence-electron chi connectivity index (χ2n) is 25.4. The van der Waals surface area contributed by atoms with Gasteiger partial charge in [-0.25, -0.2) is 16.8 Å². The molecule has 0 aliphatic carbocycles. The number of esters is 4. The molecule has 12 unspecified atom stereocenters. The molecule has 2 fully saturated rings. The molecule has 1 aromatic carbocycles. The molecule has 0 radical (unpaired) electrons. The van der Waals surface area contributed by atoms with Gasteiger partial charge in [-0.1, -0.05) is 194 Å². The number of hydrogen-bond donors (Lipinski definition) is 8. The standard InChI is InChI=1S/C37H58I3NO13S.C30H57NO12S.4K/c1-2-3-4-5-6-7-8-9-10-11-12-13-14-15-16-17-30(43)51-22-26(42)23-52-37-34(46)33(45)35(29(53-37)24-55(48,49)50)54-31(44)18-19-41-36(47)27-20-25(38)21-28(39)32(27)40;1-2-3-4-5-6-7-8-9-10-11-12-13-14-15-16-17-25(33)40-20-23(32)21-41-30-28(36)27(35)29(43-26(34)18-19-31)24(42-30)22-44(37,38)39;;;;/h20-21,26,29,33-35,37,42,45-46H,2-19,22-24H2,1H3,(H,41,47)(H,48,49,50);23-24,27-30,32,35-36H,2-22,31H2,1H3,(H,37,38,39);;;;/p-2. The summed E-state index contributed by atoms with van der Waals surface area (Å²) in [6.07, 6.45) is 15.8. The van der Waals surface area contributed by atoms with Gasteiger partial charge in [0, 0.05) is 36.6 Å². The Kier molecular flexibility index (Phi) is 70.8. The number of benzene rings is 1. The van der Waals surface area contributed by atoms with E-state index in [0.29, 0.717) is 18.4 Å². The van der Waals surface area contributed by atoms with Gasteiger partial charge >= 0.3 is 150 Å².